The summed E-state index contributed by atoms with van der Waals surface area (Å²) in [5.41, 5.74) is 1.24. The van der Waals surface area contributed by atoms with Crippen LogP contribution in [0.4, 0.5) is 8.78 Å². The molecule has 0 saturated carbocycles. The molecule has 5 nitrogen and oxygen atoms in total. The summed E-state index contributed by atoms with van der Waals surface area (Å²) in [5.74, 6) is -0.0898. The third-order valence-corrected chi connectivity index (χ3v) is 6.66. The molecule has 8 heteroatoms. The van der Waals surface area contributed by atoms with Gasteiger partial charge in [-0.25, -0.2) is 8.78 Å². The van der Waals surface area contributed by atoms with Crippen LogP contribution in [0.3, 0.4) is 0 Å². The van der Waals surface area contributed by atoms with E-state index in [9.17, 15) is 18.7 Å². The fraction of sp³-hybridized carbons (Fsp3) is 0.391. The van der Waals surface area contributed by atoms with E-state index in [-0.39, 0.29) is 23.9 Å². The summed E-state index contributed by atoms with van der Waals surface area (Å²) in [6.45, 7) is -0.135. The van der Waals surface area contributed by atoms with Crippen LogP contribution in [0.25, 0.3) is 10.9 Å². The fourth-order valence-corrected chi connectivity index (χ4v) is 4.75. The molecule has 0 radical (unpaired) electrons. The molecule has 0 saturated heterocycles. The number of hydrogen-bond acceptors (Lipinski definition) is 3. The third kappa shape index (κ3) is 3.59. The van der Waals surface area contributed by atoms with Crippen LogP contribution in [0, 0.1) is 0 Å². The van der Waals surface area contributed by atoms with Gasteiger partial charge in [-0.1, -0.05) is 29.8 Å². The molecule has 31 heavy (non-hydrogen) atoms. The third-order valence-electron chi connectivity index (χ3n) is 6.31. The Balaban J connectivity index is 1.64. The van der Waals surface area contributed by atoms with Crippen molar-refractivity contribution < 1.29 is 18.7 Å². The van der Waals surface area contributed by atoms with Gasteiger partial charge in [0.05, 0.1) is 24.2 Å². The summed E-state index contributed by atoms with van der Waals surface area (Å²) in [6, 6.07) is 8.41. The summed E-state index contributed by atoms with van der Waals surface area (Å²) in [4.78, 5) is 15.0. The molecule has 2 heterocycles. The maximum atomic E-state index is 13.4. The smallest absolute Gasteiger partial charge is 0.227 e. The Morgan fingerprint density at radius 3 is 2.74 bits per heavy atom. The second-order valence-corrected chi connectivity index (χ2v) is 8.50. The number of carbonyl (C=O) groups is 1. The van der Waals surface area contributed by atoms with Crippen LogP contribution in [0.2, 0.25) is 5.02 Å². The average Bonchev–Trinajstić information content (AvgIpc) is 3.16. The number of rotatable bonds is 5. The molecule has 4 rings (SSSR count). The standard InChI is InChI=1S/C23H24ClF2N3O2/c1-14-15-4-3-5-19(23(31,12-25)13-26)16(15)8-9-29(14)22(30)10-17-18-11-27-28(2)21(18)7-6-20(17)24/h3-7,11,14,31H,8-10,12-13H2,1-2H3/t14-/m0/s1. The minimum atomic E-state index is -2.15. The number of amides is 1. The monoisotopic (exact) mass is 447 g/mol. The van der Waals surface area contributed by atoms with E-state index in [4.69, 9.17) is 11.6 Å². The predicted molar refractivity (Wildman–Crippen MR) is 116 cm³/mol. The Labute approximate surface area is 184 Å². The van der Waals surface area contributed by atoms with Crippen molar-refractivity contribution in [3.05, 3.63) is 63.8 Å². The number of benzene rings is 2. The molecule has 3 aromatic rings. The fourth-order valence-electron chi connectivity index (χ4n) is 4.52. The highest BCUT2D eigenvalue weighted by Crippen LogP contribution is 2.37. The van der Waals surface area contributed by atoms with Gasteiger partial charge < -0.3 is 10.0 Å². The van der Waals surface area contributed by atoms with E-state index >= 15 is 0 Å². The Kier molecular flexibility index (Phi) is 5.75. The first-order valence-corrected chi connectivity index (χ1v) is 10.5. The summed E-state index contributed by atoms with van der Waals surface area (Å²) >= 11 is 6.41. The van der Waals surface area contributed by atoms with Crippen LogP contribution in [-0.4, -0.2) is 45.6 Å². The number of aryl methyl sites for hydroxylation is 1. The maximum absolute atomic E-state index is 13.4. The van der Waals surface area contributed by atoms with E-state index < -0.39 is 19.0 Å². The lowest BCUT2D eigenvalue weighted by atomic mass is 9.83. The van der Waals surface area contributed by atoms with Crippen molar-refractivity contribution in [1.82, 2.24) is 14.7 Å². The van der Waals surface area contributed by atoms with Crippen LogP contribution < -0.4 is 0 Å². The van der Waals surface area contributed by atoms with Crippen molar-refractivity contribution in [3.8, 4) is 0 Å². The molecule has 0 spiro atoms. The lowest BCUT2D eigenvalue weighted by Crippen LogP contribution is -2.41. The van der Waals surface area contributed by atoms with Gasteiger partial charge in [0.25, 0.3) is 0 Å². The van der Waals surface area contributed by atoms with Crippen molar-refractivity contribution in [1.29, 1.82) is 0 Å². The van der Waals surface area contributed by atoms with Gasteiger partial charge in [-0.05, 0) is 47.7 Å². The SMILES string of the molecule is C[C@H]1c2cccc(C(O)(CF)CF)c2CCN1C(=O)Cc1c(Cl)ccc2c1cnn2C. The highest BCUT2D eigenvalue weighted by atomic mass is 35.5. The molecular weight excluding hydrogens is 424 g/mol. The minimum Gasteiger partial charge on any atom is -0.380 e. The molecule has 1 atom stereocenters. The first-order valence-electron chi connectivity index (χ1n) is 10.2. The second-order valence-electron chi connectivity index (χ2n) is 8.09. The largest absolute Gasteiger partial charge is 0.380 e. The lowest BCUT2D eigenvalue weighted by Gasteiger charge is -2.38. The van der Waals surface area contributed by atoms with Crippen molar-refractivity contribution in [2.24, 2.45) is 7.05 Å². The van der Waals surface area contributed by atoms with Crippen LogP contribution in [0.15, 0.2) is 36.5 Å². The molecule has 2 aromatic carbocycles. The van der Waals surface area contributed by atoms with E-state index in [1.165, 1.54) is 0 Å². The van der Waals surface area contributed by atoms with E-state index in [2.05, 4.69) is 5.10 Å². The summed E-state index contributed by atoms with van der Waals surface area (Å²) < 4.78 is 28.6. The molecule has 0 aliphatic carbocycles. The van der Waals surface area contributed by atoms with Gasteiger partial charge >= 0.3 is 0 Å². The quantitative estimate of drug-likeness (QED) is 0.642. The Morgan fingerprint density at radius 2 is 2.03 bits per heavy atom. The van der Waals surface area contributed by atoms with E-state index in [0.29, 0.717) is 23.6 Å². The lowest BCUT2D eigenvalue weighted by molar-refractivity contribution is -0.133. The van der Waals surface area contributed by atoms with Crippen molar-refractivity contribution in [3.63, 3.8) is 0 Å². The second kappa shape index (κ2) is 8.20. The van der Waals surface area contributed by atoms with Gasteiger partial charge in [-0.3, -0.25) is 9.48 Å². The molecule has 1 amide bonds. The number of aromatic nitrogens is 2. The number of carbonyl (C=O) groups excluding carboxylic acids is 1. The van der Waals surface area contributed by atoms with E-state index in [0.717, 1.165) is 22.0 Å². The minimum absolute atomic E-state index is 0.0898. The molecule has 0 fully saturated rings. The Morgan fingerprint density at radius 1 is 1.29 bits per heavy atom. The van der Waals surface area contributed by atoms with Gasteiger partial charge in [0.1, 0.15) is 19.0 Å². The predicted octanol–water partition coefficient (Wildman–Crippen LogP) is 4.04. The van der Waals surface area contributed by atoms with E-state index in [1.54, 1.807) is 34.0 Å². The zero-order chi connectivity index (χ0) is 22.3. The zero-order valence-corrected chi connectivity index (χ0v) is 18.2. The Hall–Kier alpha value is -2.51. The van der Waals surface area contributed by atoms with Crippen molar-refractivity contribution in [2.75, 3.05) is 19.9 Å². The average molecular weight is 448 g/mol. The Bertz CT molecular complexity index is 1140. The highest BCUT2D eigenvalue weighted by Gasteiger charge is 2.36. The van der Waals surface area contributed by atoms with Crippen LogP contribution >= 0.6 is 11.6 Å². The summed E-state index contributed by atoms with van der Waals surface area (Å²) in [5, 5.41) is 16.0. The zero-order valence-electron chi connectivity index (χ0n) is 17.4. The molecule has 1 aliphatic heterocycles. The number of fused-ring (bicyclic) bond motifs is 2. The number of alkyl halides is 2. The van der Waals surface area contributed by atoms with Gasteiger partial charge in [0.2, 0.25) is 5.91 Å². The van der Waals surface area contributed by atoms with E-state index in [1.807, 2.05) is 26.1 Å². The van der Waals surface area contributed by atoms with Crippen LogP contribution in [0.5, 0.6) is 0 Å². The molecule has 0 bridgehead atoms. The summed E-state index contributed by atoms with van der Waals surface area (Å²) in [7, 11) is 1.83. The maximum Gasteiger partial charge on any atom is 0.227 e. The molecule has 1 N–H and O–H groups in total. The first-order chi connectivity index (χ1) is 14.8. The molecule has 164 valence electrons. The molecule has 1 aliphatic rings. The van der Waals surface area contributed by atoms with Crippen molar-refractivity contribution in [2.45, 2.75) is 31.4 Å². The topological polar surface area (TPSA) is 58.4 Å². The van der Waals surface area contributed by atoms with Gasteiger partial charge in [0.15, 0.2) is 0 Å². The number of halogens is 3. The highest BCUT2D eigenvalue weighted by molar-refractivity contribution is 6.32. The number of hydrogen-bond donors (Lipinski definition) is 1. The van der Waals surface area contributed by atoms with Crippen LogP contribution in [0.1, 0.15) is 35.2 Å². The number of nitrogens with zero attached hydrogens (tertiary/aromatic N) is 3. The first kappa shape index (κ1) is 21.7. The number of aliphatic hydroxyl groups is 1. The molecule has 1 aromatic heterocycles. The summed E-state index contributed by atoms with van der Waals surface area (Å²) in [6.07, 6.45) is 2.24. The molecular formula is C23H24ClF2N3O2. The van der Waals surface area contributed by atoms with Crippen LogP contribution in [-0.2, 0) is 30.3 Å². The van der Waals surface area contributed by atoms with Gasteiger partial charge in [0, 0.05) is 24.0 Å². The molecule has 0 unspecified atom stereocenters. The van der Waals surface area contributed by atoms with Crippen molar-refractivity contribution >= 4 is 28.4 Å². The van der Waals surface area contributed by atoms with Gasteiger partial charge in [-0.15, -0.1) is 0 Å². The van der Waals surface area contributed by atoms with Gasteiger partial charge in [-0.2, -0.15) is 5.10 Å². The normalized spacial score (nSPS) is 16.6.